The SMILES string of the molecule is Clc1cccc(Cl)c1C(Sc1ccccc1)Sc1ccccc1. The van der Waals surface area contributed by atoms with Crippen LogP contribution in [0.4, 0.5) is 0 Å². The van der Waals surface area contributed by atoms with E-state index in [9.17, 15) is 0 Å². The fraction of sp³-hybridized carbons (Fsp3) is 0.0526. The van der Waals surface area contributed by atoms with Crippen LogP contribution in [-0.2, 0) is 0 Å². The molecule has 23 heavy (non-hydrogen) atoms. The summed E-state index contributed by atoms with van der Waals surface area (Å²) in [7, 11) is 0. The normalized spacial score (nSPS) is 10.9. The van der Waals surface area contributed by atoms with Gasteiger partial charge in [0.1, 0.15) is 0 Å². The lowest BCUT2D eigenvalue weighted by Crippen LogP contribution is -1.93. The minimum Gasteiger partial charge on any atom is -0.106 e. The number of rotatable bonds is 5. The molecule has 0 radical (unpaired) electrons. The van der Waals surface area contributed by atoms with E-state index in [0.29, 0.717) is 10.0 Å². The third-order valence-corrected chi connectivity index (χ3v) is 6.43. The topological polar surface area (TPSA) is 0 Å². The molecule has 0 amide bonds. The molecule has 0 atom stereocenters. The summed E-state index contributed by atoms with van der Waals surface area (Å²) < 4.78 is 0.0843. The highest BCUT2D eigenvalue weighted by Crippen LogP contribution is 2.50. The van der Waals surface area contributed by atoms with Crippen molar-refractivity contribution in [2.75, 3.05) is 0 Å². The molecule has 0 aliphatic heterocycles. The molecule has 0 bridgehead atoms. The lowest BCUT2D eigenvalue weighted by molar-refractivity contribution is 1.33. The molecular weight excluding hydrogens is 363 g/mol. The second-order valence-electron chi connectivity index (χ2n) is 4.83. The van der Waals surface area contributed by atoms with Gasteiger partial charge in [-0.1, -0.05) is 65.7 Å². The van der Waals surface area contributed by atoms with Crippen LogP contribution in [0, 0.1) is 0 Å². The number of hydrogen-bond donors (Lipinski definition) is 0. The van der Waals surface area contributed by atoms with Gasteiger partial charge in [0, 0.05) is 25.4 Å². The monoisotopic (exact) mass is 376 g/mol. The summed E-state index contributed by atoms with van der Waals surface area (Å²) in [5.74, 6) is 0. The molecule has 116 valence electrons. The van der Waals surface area contributed by atoms with Crippen molar-refractivity contribution >= 4 is 46.7 Å². The summed E-state index contributed by atoms with van der Waals surface area (Å²) in [5.41, 5.74) is 0.971. The molecule has 0 saturated carbocycles. The van der Waals surface area contributed by atoms with Crippen molar-refractivity contribution in [1.29, 1.82) is 0 Å². The Bertz CT molecular complexity index is 699. The molecule has 0 fully saturated rings. The van der Waals surface area contributed by atoms with Gasteiger partial charge in [0.15, 0.2) is 0 Å². The van der Waals surface area contributed by atoms with Gasteiger partial charge in [0.2, 0.25) is 0 Å². The van der Waals surface area contributed by atoms with E-state index in [-0.39, 0.29) is 4.58 Å². The quantitative estimate of drug-likeness (QED) is 0.332. The average molecular weight is 377 g/mol. The highest BCUT2D eigenvalue weighted by atomic mass is 35.5. The largest absolute Gasteiger partial charge is 0.106 e. The third-order valence-electron chi connectivity index (χ3n) is 3.21. The smallest absolute Gasteiger partial charge is 0.0874 e. The van der Waals surface area contributed by atoms with Crippen molar-refractivity contribution in [2.24, 2.45) is 0 Å². The molecule has 0 aliphatic carbocycles. The van der Waals surface area contributed by atoms with Gasteiger partial charge in [-0.05, 0) is 36.4 Å². The lowest BCUT2D eigenvalue weighted by Gasteiger charge is -2.19. The van der Waals surface area contributed by atoms with E-state index < -0.39 is 0 Å². The second kappa shape index (κ2) is 8.16. The number of benzene rings is 3. The molecule has 0 spiro atoms. The van der Waals surface area contributed by atoms with Gasteiger partial charge < -0.3 is 0 Å². The predicted octanol–water partition coefficient (Wildman–Crippen LogP) is 7.58. The Balaban J connectivity index is 1.96. The van der Waals surface area contributed by atoms with Crippen LogP contribution >= 0.6 is 46.7 Å². The first kappa shape index (κ1) is 16.8. The van der Waals surface area contributed by atoms with Gasteiger partial charge in [-0.25, -0.2) is 0 Å². The first-order valence-electron chi connectivity index (χ1n) is 7.11. The summed E-state index contributed by atoms with van der Waals surface area (Å²) in [4.78, 5) is 2.38. The van der Waals surface area contributed by atoms with Crippen LogP contribution in [0.15, 0.2) is 88.7 Å². The Morgan fingerprint density at radius 2 is 1.00 bits per heavy atom. The van der Waals surface area contributed by atoms with Crippen LogP contribution in [0.5, 0.6) is 0 Å². The van der Waals surface area contributed by atoms with Crippen molar-refractivity contribution in [3.05, 3.63) is 94.5 Å². The molecule has 0 N–H and O–H groups in total. The third kappa shape index (κ3) is 4.48. The number of thioether (sulfide) groups is 2. The highest BCUT2D eigenvalue weighted by Gasteiger charge is 2.20. The predicted molar refractivity (Wildman–Crippen MR) is 104 cm³/mol. The van der Waals surface area contributed by atoms with Crippen LogP contribution in [0.1, 0.15) is 10.1 Å². The lowest BCUT2D eigenvalue weighted by atomic mass is 10.2. The minimum absolute atomic E-state index is 0.0843. The summed E-state index contributed by atoms with van der Waals surface area (Å²) in [5, 5.41) is 1.41. The number of halogens is 2. The molecule has 3 aromatic carbocycles. The standard InChI is InChI=1S/C19H14Cl2S2/c20-16-12-7-13-17(21)18(16)19(22-14-8-3-1-4-9-14)23-15-10-5-2-6-11-15/h1-13,19H. The van der Waals surface area contributed by atoms with Gasteiger partial charge in [0.25, 0.3) is 0 Å². The molecule has 0 aromatic heterocycles. The zero-order valence-electron chi connectivity index (χ0n) is 12.2. The Morgan fingerprint density at radius 3 is 1.43 bits per heavy atom. The van der Waals surface area contributed by atoms with Crippen LogP contribution in [-0.4, -0.2) is 0 Å². The van der Waals surface area contributed by atoms with Gasteiger partial charge >= 0.3 is 0 Å². The van der Waals surface area contributed by atoms with Gasteiger partial charge in [0.05, 0.1) is 4.58 Å². The van der Waals surface area contributed by atoms with Gasteiger partial charge in [-0.2, -0.15) is 0 Å². The Labute approximate surface area is 155 Å². The van der Waals surface area contributed by atoms with Crippen LogP contribution in [0.3, 0.4) is 0 Å². The molecule has 3 aromatic rings. The fourth-order valence-corrected chi connectivity index (χ4v) is 5.72. The Morgan fingerprint density at radius 1 is 0.565 bits per heavy atom. The van der Waals surface area contributed by atoms with E-state index in [1.165, 1.54) is 9.79 Å². The molecule has 0 nitrogen and oxygen atoms in total. The van der Waals surface area contributed by atoms with Crippen molar-refractivity contribution in [3.8, 4) is 0 Å². The average Bonchev–Trinajstić information content (AvgIpc) is 2.56. The fourth-order valence-electron chi connectivity index (χ4n) is 2.12. The van der Waals surface area contributed by atoms with Crippen molar-refractivity contribution in [1.82, 2.24) is 0 Å². The van der Waals surface area contributed by atoms with E-state index in [4.69, 9.17) is 23.2 Å². The van der Waals surface area contributed by atoms with E-state index in [0.717, 1.165) is 5.56 Å². The summed E-state index contributed by atoms with van der Waals surface area (Å²) in [6.07, 6.45) is 0. The molecule has 0 unspecified atom stereocenters. The highest BCUT2D eigenvalue weighted by molar-refractivity contribution is 8.16. The first-order valence-corrected chi connectivity index (χ1v) is 9.63. The Kier molecular flexibility index (Phi) is 5.96. The van der Waals surface area contributed by atoms with Crippen molar-refractivity contribution in [3.63, 3.8) is 0 Å². The molecule has 0 heterocycles. The van der Waals surface area contributed by atoms with Gasteiger partial charge in [-0.3, -0.25) is 0 Å². The maximum Gasteiger partial charge on any atom is 0.0874 e. The van der Waals surface area contributed by atoms with Crippen molar-refractivity contribution < 1.29 is 0 Å². The molecule has 0 saturated heterocycles. The van der Waals surface area contributed by atoms with E-state index in [2.05, 4.69) is 24.3 Å². The van der Waals surface area contributed by atoms with Crippen molar-refractivity contribution in [2.45, 2.75) is 14.4 Å². The van der Waals surface area contributed by atoms with E-state index in [1.54, 1.807) is 23.5 Å². The molecule has 0 aliphatic rings. The van der Waals surface area contributed by atoms with E-state index in [1.807, 2.05) is 54.6 Å². The Hall–Kier alpha value is -1.06. The van der Waals surface area contributed by atoms with Gasteiger partial charge in [-0.15, -0.1) is 23.5 Å². The second-order valence-corrected chi connectivity index (χ2v) is 8.30. The first-order chi connectivity index (χ1) is 11.2. The summed E-state index contributed by atoms with van der Waals surface area (Å²) in [6.45, 7) is 0. The number of hydrogen-bond acceptors (Lipinski definition) is 2. The molecular formula is C19H14Cl2S2. The zero-order valence-corrected chi connectivity index (χ0v) is 15.3. The molecule has 4 heteroatoms. The summed E-state index contributed by atoms with van der Waals surface area (Å²) in [6, 6.07) is 26.3. The summed E-state index contributed by atoms with van der Waals surface area (Å²) >= 11 is 16.4. The zero-order chi connectivity index (χ0) is 16.1. The maximum absolute atomic E-state index is 6.45. The van der Waals surface area contributed by atoms with Crippen LogP contribution < -0.4 is 0 Å². The molecule has 3 rings (SSSR count). The van der Waals surface area contributed by atoms with E-state index >= 15 is 0 Å². The maximum atomic E-state index is 6.45. The van der Waals surface area contributed by atoms with Crippen LogP contribution in [0.25, 0.3) is 0 Å². The van der Waals surface area contributed by atoms with Crippen LogP contribution in [0.2, 0.25) is 10.0 Å². The minimum atomic E-state index is 0.0843.